The Balaban J connectivity index is 1.81. The lowest BCUT2D eigenvalue weighted by Crippen LogP contribution is -2.31. The number of aliphatic hydroxyl groups excluding tert-OH is 1. The number of methoxy groups -OCH3 is 1. The van der Waals surface area contributed by atoms with Gasteiger partial charge in [-0.2, -0.15) is 0 Å². The summed E-state index contributed by atoms with van der Waals surface area (Å²) in [6.07, 6.45) is 5.52. The molecule has 0 bridgehead atoms. The van der Waals surface area contributed by atoms with Crippen LogP contribution in [0.2, 0.25) is 0 Å². The van der Waals surface area contributed by atoms with Crippen LogP contribution in [0.25, 0.3) is 5.76 Å². The lowest BCUT2D eigenvalue weighted by atomic mass is 9.93. The number of carbonyl (C=O) groups is 3. The van der Waals surface area contributed by atoms with E-state index < -0.39 is 35.3 Å². The molecule has 1 atom stereocenters. The fraction of sp³-hybridized carbons (Fsp3) is 0.280. The van der Waals surface area contributed by atoms with E-state index in [2.05, 4.69) is 9.97 Å². The van der Waals surface area contributed by atoms with Gasteiger partial charge in [-0.15, -0.1) is 0 Å². The highest BCUT2D eigenvalue weighted by molar-refractivity contribution is 6.46. The number of Topliss-reactive ketones (excluding diaryl/α,β-unsaturated/α-hetero) is 1. The quantitative estimate of drug-likeness (QED) is 0.232. The van der Waals surface area contributed by atoms with Gasteiger partial charge in [0.25, 0.3) is 11.7 Å². The molecular formula is C25H25FN4O5. The molecule has 4 rings (SSSR count). The molecule has 3 heterocycles. The van der Waals surface area contributed by atoms with Crippen LogP contribution in [0.1, 0.15) is 45.3 Å². The van der Waals surface area contributed by atoms with Crippen LogP contribution in [0.4, 0.5) is 4.39 Å². The van der Waals surface area contributed by atoms with Crippen LogP contribution in [0.5, 0.6) is 0 Å². The number of ether oxygens (including phenoxy) is 1. The van der Waals surface area contributed by atoms with Gasteiger partial charge in [-0.25, -0.2) is 14.2 Å². The van der Waals surface area contributed by atoms with E-state index in [0.29, 0.717) is 24.2 Å². The number of nitrogens with one attached hydrogen (secondary N) is 1. The zero-order valence-electron chi connectivity index (χ0n) is 19.5. The van der Waals surface area contributed by atoms with Crippen molar-refractivity contribution < 1.29 is 28.6 Å². The first-order valence-corrected chi connectivity index (χ1v) is 11.0. The summed E-state index contributed by atoms with van der Waals surface area (Å²) >= 11 is 0. The van der Waals surface area contributed by atoms with E-state index in [4.69, 9.17) is 4.74 Å². The molecule has 1 saturated heterocycles. The van der Waals surface area contributed by atoms with Crippen LogP contribution in [-0.4, -0.2) is 55.9 Å². The number of rotatable bonds is 7. The normalized spacial score (nSPS) is 17.3. The molecule has 9 nitrogen and oxygen atoms in total. The number of aromatic nitrogens is 3. The number of aromatic amines is 1. The number of H-pyrrole nitrogens is 1. The zero-order valence-corrected chi connectivity index (χ0v) is 19.5. The number of aliphatic hydroxyl groups is 1. The van der Waals surface area contributed by atoms with Crippen molar-refractivity contribution in [3.05, 3.63) is 82.5 Å². The number of ketones is 1. The van der Waals surface area contributed by atoms with E-state index in [1.807, 2.05) is 4.57 Å². The van der Waals surface area contributed by atoms with Gasteiger partial charge in [0.1, 0.15) is 17.3 Å². The zero-order chi connectivity index (χ0) is 25.3. The van der Waals surface area contributed by atoms with Crippen LogP contribution < -0.4 is 0 Å². The molecule has 1 aliphatic rings. The van der Waals surface area contributed by atoms with Crippen LogP contribution in [0.15, 0.2) is 48.6 Å². The number of aryl methyl sites for hydroxylation is 2. The average molecular weight is 480 g/mol. The van der Waals surface area contributed by atoms with Crippen molar-refractivity contribution in [2.24, 2.45) is 0 Å². The minimum atomic E-state index is -1.13. The maximum Gasteiger partial charge on any atom is 0.354 e. The summed E-state index contributed by atoms with van der Waals surface area (Å²) in [7, 11) is 1.23. The van der Waals surface area contributed by atoms with E-state index in [1.54, 1.807) is 38.6 Å². The number of imidazole rings is 1. The third kappa shape index (κ3) is 4.23. The molecule has 1 amide bonds. The number of likely N-dealkylation sites (tertiary alicyclic amines) is 1. The van der Waals surface area contributed by atoms with Crippen LogP contribution in [-0.2, 0) is 20.9 Å². The Morgan fingerprint density at radius 3 is 2.63 bits per heavy atom. The van der Waals surface area contributed by atoms with Gasteiger partial charge < -0.3 is 24.3 Å². The first-order chi connectivity index (χ1) is 16.8. The van der Waals surface area contributed by atoms with E-state index in [-0.39, 0.29) is 28.9 Å². The Morgan fingerprint density at radius 2 is 1.97 bits per heavy atom. The summed E-state index contributed by atoms with van der Waals surface area (Å²) in [5, 5.41) is 11.3. The van der Waals surface area contributed by atoms with Crippen LogP contribution in [0, 0.1) is 19.7 Å². The van der Waals surface area contributed by atoms with Crippen LogP contribution >= 0.6 is 0 Å². The monoisotopic (exact) mass is 480 g/mol. The molecule has 35 heavy (non-hydrogen) atoms. The molecule has 1 fully saturated rings. The summed E-state index contributed by atoms with van der Waals surface area (Å²) in [5.74, 6) is -3.48. The number of carbonyl (C=O) groups excluding carboxylic acids is 3. The van der Waals surface area contributed by atoms with Gasteiger partial charge in [-0.05, 0) is 31.9 Å². The van der Waals surface area contributed by atoms with E-state index in [1.165, 1.54) is 30.2 Å². The van der Waals surface area contributed by atoms with Crippen molar-refractivity contribution in [2.45, 2.75) is 32.9 Å². The molecule has 0 spiro atoms. The molecular weight excluding hydrogens is 455 g/mol. The number of nitrogens with zero attached hydrogens (tertiary/aromatic N) is 3. The number of hydrogen-bond donors (Lipinski definition) is 2. The standard InChI is InChI=1S/C25H25FN4O5/c1-14-18(15(2)28-20(14)25(34)35-3)22(31)19-21(16-7-4-5-8-17(16)26)30(24(33)23(19)32)11-6-10-29-12-9-27-13-29/h4-5,7-9,12-13,21,28,31H,6,10-11H2,1-3H3/b22-19+. The van der Waals surface area contributed by atoms with Crippen molar-refractivity contribution in [3.63, 3.8) is 0 Å². The minimum Gasteiger partial charge on any atom is -0.507 e. The fourth-order valence-corrected chi connectivity index (χ4v) is 4.52. The molecule has 10 heteroatoms. The van der Waals surface area contributed by atoms with E-state index in [0.717, 1.165) is 0 Å². The number of hydrogen-bond acceptors (Lipinski definition) is 6. The van der Waals surface area contributed by atoms with Crippen molar-refractivity contribution in [1.82, 2.24) is 19.4 Å². The van der Waals surface area contributed by atoms with Gasteiger partial charge in [0.15, 0.2) is 0 Å². The Kier molecular flexibility index (Phi) is 6.54. The second kappa shape index (κ2) is 9.57. The van der Waals surface area contributed by atoms with Crippen molar-refractivity contribution in [2.75, 3.05) is 13.7 Å². The van der Waals surface area contributed by atoms with Crippen LogP contribution in [0.3, 0.4) is 0 Å². The van der Waals surface area contributed by atoms with E-state index in [9.17, 15) is 23.9 Å². The molecule has 0 radical (unpaired) electrons. The summed E-state index contributed by atoms with van der Waals surface area (Å²) in [6, 6.07) is 4.70. The van der Waals surface area contributed by atoms with Gasteiger partial charge in [-0.3, -0.25) is 9.59 Å². The smallest absolute Gasteiger partial charge is 0.354 e. The van der Waals surface area contributed by atoms with Crippen molar-refractivity contribution >= 4 is 23.4 Å². The van der Waals surface area contributed by atoms with E-state index >= 15 is 0 Å². The second-order valence-electron chi connectivity index (χ2n) is 8.28. The third-order valence-corrected chi connectivity index (χ3v) is 6.18. The predicted octanol–water partition coefficient (Wildman–Crippen LogP) is 3.27. The molecule has 0 aliphatic carbocycles. The number of halogens is 1. The topological polar surface area (TPSA) is 118 Å². The summed E-state index contributed by atoms with van der Waals surface area (Å²) in [6.45, 7) is 3.89. The Morgan fingerprint density at radius 1 is 1.23 bits per heavy atom. The highest BCUT2D eigenvalue weighted by atomic mass is 19.1. The SMILES string of the molecule is COC(=O)c1[nH]c(C)c(/C(O)=C2\C(=O)C(=O)N(CCCn3ccnc3)C2c2ccccc2F)c1C. The highest BCUT2D eigenvalue weighted by Crippen LogP contribution is 2.41. The fourth-order valence-electron chi connectivity index (χ4n) is 4.52. The number of esters is 1. The Labute approximate surface area is 200 Å². The Bertz CT molecular complexity index is 1330. The van der Waals surface area contributed by atoms with Gasteiger partial charge >= 0.3 is 5.97 Å². The molecule has 2 aromatic heterocycles. The first-order valence-electron chi connectivity index (χ1n) is 11.0. The lowest BCUT2D eigenvalue weighted by molar-refractivity contribution is -0.140. The third-order valence-electron chi connectivity index (χ3n) is 6.18. The summed E-state index contributed by atoms with van der Waals surface area (Å²) in [5.41, 5.74) is 0.926. The minimum absolute atomic E-state index is 0.0925. The lowest BCUT2D eigenvalue weighted by Gasteiger charge is -2.25. The highest BCUT2D eigenvalue weighted by Gasteiger charge is 2.47. The van der Waals surface area contributed by atoms with Gasteiger partial charge in [0.05, 0.1) is 25.1 Å². The van der Waals surface area contributed by atoms with Crippen molar-refractivity contribution in [1.29, 1.82) is 0 Å². The molecule has 0 saturated carbocycles. The Hall–Kier alpha value is -4.21. The molecule has 3 aromatic rings. The maximum atomic E-state index is 14.9. The summed E-state index contributed by atoms with van der Waals surface area (Å²) in [4.78, 5) is 46.5. The van der Waals surface area contributed by atoms with Crippen molar-refractivity contribution in [3.8, 4) is 0 Å². The molecule has 1 unspecified atom stereocenters. The molecule has 1 aromatic carbocycles. The number of benzene rings is 1. The largest absolute Gasteiger partial charge is 0.507 e. The number of amides is 1. The van der Waals surface area contributed by atoms with Gasteiger partial charge in [0.2, 0.25) is 0 Å². The van der Waals surface area contributed by atoms with Gasteiger partial charge in [-0.1, -0.05) is 18.2 Å². The molecule has 182 valence electrons. The predicted molar refractivity (Wildman–Crippen MR) is 124 cm³/mol. The molecule has 2 N–H and O–H groups in total. The first kappa shape index (κ1) is 23.9. The molecule has 1 aliphatic heterocycles. The average Bonchev–Trinajstić information content (AvgIpc) is 3.52. The summed E-state index contributed by atoms with van der Waals surface area (Å²) < 4.78 is 21.5. The second-order valence-corrected chi connectivity index (χ2v) is 8.28. The van der Waals surface area contributed by atoms with Gasteiger partial charge in [0, 0.05) is 42.3 Å². The maximum absolute atomic E-state index is 14.9.